The highest BCUT2D eigenvalue weighted by molar-refractivity contribution is 7.21. The summed E-state index contributed by atoms with van der Waals surface area (Å²) in [5.41, 5.74) is 2.03. The van der Waals surface area contributed by atoms with E-state index in [1.165, 1.54) is 23.1 Å². The van der Waals surface area contributed by atoms with Crippen LogP contribution in [0.4, 0.5) is 10.1 Å². The number of benzene rings is 2. The number of hydrogen-bond donors (Lipinski definition) is 0. The maximum Gasteiger partial charge on any atom is 0.350 e. The number of esters is 1. The van der Waals surface area contributed by atoms with Crippen LogP contribution >= 0.6 is 22.9 Å². The molecule has 8 heteroatoms. The SMILES string of the molecule is CN(Cc1ccc(N(C)C)cc1)C(=O)COC(=O)c1sc2cc(F)ccc2c1Cl. The average Bonchev–Trinajstić information content (AvgIpc) is 3.02. The highest BCUT2D eigenvalue weighted by atomic mass is 35.5. The van der Waals surface area contributed by atoms with Gasteiger partial charge in [0.15, 0.2) is 6.61 Å². The molecule has 3 aromatic rings. The Bertz CT molecular complexity index is 1050. The number of nitrogens with zero attached hydrogens (tertiary/aromatic N) is 2. The molecule has 152 valence electrons. The van der Waals surface area contributed by atoms with Crippen LogP contribution in [0.5, 0.6) is 0 Å². The van der Waals surface area contributed by atoms with Crippen LogP contribution in [0.3, 0.4) is 0 Å². The van der Waals surface area contributed by atoms with Crippen molar-refractivity contribution >= 4 is 50.6 Å². The van der Waals surface area contributed by atoms with Gasteiger partial charge in [-0.05, 0) is 35.9 Å². The first-order chi connectivity index (χ1) is 13.8. The lowest BCUT2D eigenvalue weighted by Crippen LogP contribution is -2.30. The van der Waals surface area contributed by atoms with Crippen LogP contribution in [-0.4, -0.2) is 44.5 Å². The molecule has 0 unspecified atom stereocenters. The van der Waals surface area contributed by atoms with Crippen molar-refractivity contribution in [3.63, 3.8) is 0 Å². The average molecular weight is 435 g/mol. The number of ether oxygens (including phenoxy) is 1. The quantitative estimate of drug-likeness (QED) is 0.533. The van der Waals surface area contributed by atoms with Gasteiger partial charge in [-0.25, -0.2) is 9.18 Å². The third-order valence-corrected chi connectivity index (χ3v) is 6.04. The number of likely N-dealkylation sites (N-methyl/N-ethyl adjacent to an activating group) is 1. The van der Waals surface area contributed by atoms with E-state index in [2.05, 4.69) is 0 Å². The third-order valence-electron chi connectivity index (χ3n) is 4.40. The molecule has 0 radical (unpaired) electrons. The van der Waals surface area contributed by atoms with Crippen LogP contribution < -0.4 is 4.90 Å². The van der Waals surface area contributed by atoms with E-state index in [9.17, 15) is 14.0 Å². The van der Waals surface area contributed by atoms with Gasteiger partial charge in [0.25, 0.3) is 5.91 Å². The van der Waals surface area contributed by atoms with Crippen molar-refractivity contribution in [3.8, 4) is 0 Å². The fourth-order valence-corrected chi connectivity index (χ4v) is 4.16. The Hall–Kier alpha value is -2.64. The number of amides is 1. The highest BCUT2D eigenvalue weighted by Gasteiger charge is 2.20. The van der Waals surface area contributed by atoms with Crippen molar-refractivity contribution in [2.24, 2.45) is 0 Å². The smallest absolute Gasteiger partial charge is 0.350 e. The Morgan fingerprint density at radius 1 is 1.10 bits per heavy atom. The Morgan fingerprint density at radius 2 is 1.79 bits per heavy atom. The summed E-state index contributed by atoms with van der Waals surface area (Å²) in [6.45, 7) is -0.00291. The van der Waals surface area contributed by atoms with Crippen molar-refractivity contribution in [2.45, 2.75) is 6.54 Å². The van der Waals surface area contributed by atoms with E-state index in [4.69, 9.17) is 16.3 Å². The van der Waals surface area contributed by atoms with Crippen molar-refractivity contribution < 1.29 is 18.7 Å². The molecule has 0 bridgehead atoms. The number of hydrogen-bond acceptors (Lipinski definition) is 5. The van der Waals surface area contributed by atoms with Crippen LogP contribution in [0.1, 0.15) is 15.2 Å². The molecule has 3 rings (SSSR count). The molecule has 0 atom stereocenters. The van der Waals surface area contributed by atoms with Crippen LogP contribution in [0.25, 0.3) is 10.1 Å². The molecule has 0 aliphatic heterocycles. The minimum Gasteiger partial charge on any atom is -0.451 e. The highest BCUT2D eigenvalue weighted by Crippen LogP contribution is 2.36. The summed E-state index contributed by atoms with van der Waals surface area (Å²) >= 11 is 7.25. The number of rotatable bonds is 6. The second-order valence-corrected chi connectivity index (χ2v) is 8.20. The molecule has 0 saturated heterocycles. The second kappa shape index (κ2) is 8.80. The maximum atomic E-state index is 13.4. The Kier molecular flexibility index (Phi) is 6.39. The second-order valence-electron chi connectivity index (χ2n) is 6.77. The molecule has 0 fully saturated rings. The predicted octanol–water partition coefficient (Wildman–Crippen LogP) is 4.58. The molecule has 0 aliphatic carbocycles. The molecule has 0 N–H and O–H groups in total. The first-order valence-corrected chi connectivity index (χ1v) is 10.0. The first-order valence-electron chi connectivity index (χ1n) is 8.81. The largest absolute Gasteiger partial charge is 0.451 e. The van der Waals surface area contributed by atoms with Crippen LogP contribution in [0.2, 0.25) is 5.02 Å². The first kappa shape index (κ1) is 21.1. The molecule has 29 heavy (non-hydrogen) atoms. The monoisotopic (exact) mass is 434 g/mol. The fourth-order valence-electron chi connectivity index (χ4n) is 2.73. The predicted molar refractivity (Wildman–Crippen MR) is 114 cm³/mol. The number of carbonyl (C=O) groups is 2. The van der Waals surface area contributed by atoms with Crippen LogP contribution in [0, 0.1) is 5.82 Å². The normalized spacial score (nSPS) is 10.8. The zero-order valence-electron chi connectivity index (χ0n) is 16.2. The summed E-state index contributed by atoms with van der Waals surface area (Å²) in [5.74, 6) is -1.45. The van der Waals surface area contributed by atoms with Crippen molar-refractivity contribution in [1.29, 1.82) is 0 Å². The number of thiophene rings is 1. The minimum absolute atomic E-state index is 0.155. The maximum absolute atomic E-state index is 13.4. The van der Waals surface area contributed by atoms with E-state index >= 15 is 0 Å². The Balaban J connectivity index is 1.59. The number of anilines is 1. The number of carbonyl (C=O) groups excluding carboxylic acids is 2. The van der Waals surface area contributed by atoms with E-state index in [1.807, 2.05) is 43.3 Å². The van der Waals surface area contributed by atoms with Gasteiger partial charge in [-0.1, -0.05) is 23.7 Å². The molecule has 0 spiro atoms. The van der Waals surface area contributed by atoms with Gasteiger partial charge in [-0.3, -0.25) is 4.79 Å². The van der Waals surface area contributed by atoms with E-state index in [0.29, 0.717) is 16.6 Å². The van der Waals surface area contributed by atoms with Crippen molar-refractivity contribution in [1.82, 2.24) is 4.90 Å². The summed E-state index contributed by atoms with van der Waals surface area (Å²) in [6.07, 6.45) is 0. The van der Waals surface area contributed by atoms with Gasteiger partial charge in [0, 0.05) is 43.5 Å². The summed E-state index contributed by atoms with van der Waals surface area (Å²) in [7, 11) is 5.56. The molecule has 5 nitrogen and oxygen atoms in total. The molecule has 1 aromatic heterocycles. The van der Waals surface area contributed by atoms with Gasteiger partial charge in [0.1, 0.15) is 10.7 Å². The lowest BCUT2D eigenvalue weighted by molar-refractivity contribution is -0.133. The van der Waals surface area contributed by atoms with E-state index in [1.54, 1.807) is 7.05 Å². The van der Waals surface area contributed by atoms with Crippen molar-refractivity contribution in [3.05, 3.63) is 63.7 Å². The van der Waals surface area contributed by atoms with Gasteiger partial charge in [0.05, 0.1) is 5.02 Å². The van der Waals surface area contributed by atoms with E-state index in [-0.39, 0.29) is 15.8 Å². The zero-order valence-corrected chi connectivity index (χ0v) is 17.8. The molecule has 0 aliphatic rings. The standard InChI is InChI=1S/C21H20ClFN2O3S/c1-24(2)15-7-4-13(5-8-15)11-25(3)18(26)12-28-21(27)20-19(22)16-9-6-14(23)10-17(16)29-20/h4-10H,11-12H2,1-3H3. The lowest BCUT2D eigenvalue weighted by Gasteiger charge is -2.18. The topological polar surface area (TPSA) is 49.9 Å². The van der Waals surface area contributed by atoms with Gasteiger partial charge in [-0.2, -0.15) is 0 Å². The molecular formula is C21H20ClFN2O3S. The number of halogens is 2. The number of fused-ring (bicyclic) bond motifs is 1. The Morgan fingerprint density at radius 3 is 2.45 bits per heavy atom. The van der Waals surface area contributed by atoms with Crippen LogP contribution in [-0.2, 0) is 16.1 Å². The molecule has 0 saturated carbocycles. The summed E-state index contributed by atoms with van der Waals surface area (Å²) < 4.78 is 19.0. The van der Waals surface area contributed by atoms with E-state index < -0.39 is 18.4 Å². The summed E-state index contributed by atoms with van der Waals surface area (Å²) in [6, 6.07) is 11.9. The fraction of sp³-hybridized carbons (Fsp3) is 0.238. The van der Waals surface area contributed by atoms with Gasteiger partial charge in [-0.15, -0.1) is 11.3 Å². The lowest BCUT2D eigenvalue weighted by atomic mass is 10.2. The molecule has 1 heterocycles. The molecule has 2 aromatic carbocycles. The van der Waals surface area contributed by atoms with Crippen molar-refractivity contribution in [2.75, 3.05) is 32.6 Å². The molecular weight excluding hydrogens is 415 g/mol. The molecule has 1 amide bonds. The Labute approximate surface area is 177 Å². The van der Waals surface area contributed by atoms with Gasteiger partial charge in [0.2, 0.25) is 0 Å². The third kappa shape index (κ3) is 4.86. The van der Waals surface area contributed by atoms with Crippen LogP contribution in [0.15, 0.2) is 42.5 Å². The van der Waals surface area contributed by atoms with E-state index in [0.717, 1.165) is 22.6 Å². The summed E-state index contributed by atoms with van der Waals surface area (Å²) in [4.78, 5) is 28.3. The summed E-state index contributed by atoms with van der Waals surface area (Å²) in [5, 5.41) is 0.784. The van der Waals surface area contributed by atoms with Gasteiger partial charge >= 0.3 is 5.97 Å². The van der Waals surface area contributed by atoms with Gasteiger partial charge < -0.3 is 14.5 Å². The minimum atomic E-state index is -0.700. The zero-order chi connectivity index (χ0) is 21.1.